The number of benzene rings is 1. The van der Waals surface area contributed by atoms with Crippen LogP contribution in [0.2, 0.25) is 0 Å². The normalized spacial score (nSPS) is 17.2. The molecule has 26 heavy (non-hydrogen) atoms. The molecule has 0 saturated carbocycles. The Balaban J connectivity index is 1.65. The van der Waals surface area contributed by atoms with Crippen molar-refractivity contribution in [1.29, 1.82) is 0 Å². The van der Waals surface area contributed by atoms with Crippen molar-refractivity contribution in [1.82, 2.24) is 9.80 Å². The van der Waals surface area contributed by atoms with E-state index in [2.05, 4.69) is 0 Å². The fraction of sp³-hybridized carbons (Fsp3) is 0.400. The minimum atomic E-state index is -0.361. The van der Waals surface area contributed by atoms with E-state index in [0.717, 1.165) is 17.7 Å². The third-order valence-corrected chi connectivity index (χ3v) is 5.63. The lowest BCUT2D eigenvalue weighted by Gasteiger charge is -2.34. The second-order valence-electron chi connectivity index (χ2n) is 6.53. The molecule has 1 fully saturated rings. The SMILES string of the molecule is CCN(Cc1cccs1)C(=O)C1CCCN(C(=O)c2ccc(F)cc2)C1. The highest BCUT2D eigenvalue weighted by atomic mass is 32.1. The topological polar surface area (TPSA) is 40.6 Å². The predicted molar refractivity (Wildman–Crippen MR) is 100 cm³/mol. The van der Waals surface area contributed by atoms with E-state index in [0.29, 0.717) is 31.7 Å². The van der Waals surface area contributed by atoms with Crippen molar-refractivity contribution in [3.8, 4) is 0 Å². The summed E-state index contributed by atoms with van der Waals surface area (Å²) in [5.41, 5.74) is 0.463. The van der Waals surface area contributed by atoms with Gasteiger partial charge in [0.15, 0.2) is 0 Å². The number of piperidine rings is 1. The second-order valence-corrected chi connectivity index (χ2v) is 7.56. The van der Waals surface area contributed by atoms with Gasteiger partial charge in [-0.25, -0.2) is 4.39 Å². The molecular weight excluding hydrogens is 351 g/mol. The molecule has 1 aliphatic rings. The van der Waals surface area contributed by atoms with Crippen molar-refractivity contribution in [3.63, 3.8) is 0 Å². The van der Waals surface area contributed by atoms with Crippen LogP contribution < -0.4 is 0 Å². The average molecular weight is 374 g/mol. The summed E-state index contributed by atoms with van der Waals surface area (Å²) in [5, 5.41) is 2.01. The van der Waals surface area contributed by atoms with Crippen LogP contribution in [0.1, 0.15) is 35.0 Å². The Morgan fingerprint density at radius 2 is 2.04 bits per heavy atom. The molecule has 2 aromatic rings. The predicted octanol–water partition coefficient (Wildman–Crippen LogP) is 3.79. The van der Waals surface area contributed by atoms with Crippen LogP contribution >= 0.6 is 11.3 Å². The van der Waals surface area contributed by atoms with E-state index in [9.17, 15) is 14.0 Å². The number of nitrogens with zero attached hydrogens (tertiary/aromatic N) is 2. The quantitative estimate of drug-likeness (QED) is 0.799. The minimum absolute atomic E-state index is 0.109. The molecule has 2 heterocycles. The average Bonchev–Trinajstić information content (AvgIpc) is 3.19. The highest BCUT2D eigenvalue weighted by Gasteiger charge is 2.31. The number of thiophene rings is 1. The van der Waals surface area contributed by atoms with Crippen molar-refractivity contribution in [2.75, 3.05) is 19.6 Å². The van der Waals surface area contributed by atoms with Gasteiger partial charge in [0.05, 0.1) is 12.5 Å². The summed E-state index contributed by atoms with van der Waals surface area (Å²) < 4.78 is 13.1. The van der Waals surface area contributed by atoms with Gasteiger partial charge in [-0.15, -0.1) is 11.3 Å². The largest absolute Gasteiger partial charge is 0.338 e. The molecule has 0 radical (unpaired) electrons. The summed E-state index contributed by atoms with van der Waals surface area (Å²) in [4.78, 5) is 30.3. The highest BCUT2D eigenvalue weighted by molar-refractivity contribution is 7.09. The van der Waals surface area contributed by atoms with E-state index in [1.165, 1.54) is 24.3 Å². The smallest absolute Gasteiger partial charge is 0.253 e. The van der Waals surface area contributed by atoms with Crippen LogP contribution in [-0.2, 0) is 11.3 Å². The first-order valence-corrected chi connectivity index (χ1v) is 9.82. The molecule has 6 heteroatoms. The van der Waals surface area contributed by atoms with E-state index in [4.69, 9.17) is 0 Å². The summed E-state index contributed by atoms with van der Waals surface area (Å²) in [6.07, 6.45) is 1.60. The maximum atomic E-state index is 13.1. The zero-order valence-corrected chi connectivity index (χ0v) is 15.7. The number of carbonyl (C=O) groups excluding carboxylic acids is 2. The monoisotopic (exact) mass is 374 g/mol. The summed E-state index contributed by atoms with van der Waals surface area (Å²) in [6, 6.07) is 9.60. The Labute approximate surface area is 157 Å². The molecule has 2 amide bonds. The van der Waals surface area contributed by atoms with Crippen LogP contribution in [-0.4, -0.2) is 41.2 Å². The van der Waals surface area contributed by atoms with Crippen LogP contribution in [0.25, 0.3) is 0 Å². The lowest BCUT2D eigenvalue weighted by molar-refractivity contribution is -0.137. The first kappa shape index (κ1) is 18.6. The number of halogens is 1. The van der Waals surface area contributed by atoms with E-state index in [1.807, 2.05) is 29.3 Å². The fourth-order valence-corrected chi connectivity index (χ4v) is 4.05. The first-order chi connectivity index (χ1) is 12.6. The molecule has 1 atom stereocenters. The summed E-state index contributed by atoms with van der Waals surface area (Å²) in [6.45, 7) is 4.32. The molecule has 0 spiro atoms. The van der Waals surface area contributed by atoms with Crippen LogP contribution in [0.15, 0.2) is 41.8 Å². The first-order valence-electron chi connectivity index (χ1n) is 8.94. The Morgan fingerprint density at radius 3 is 2.69 bits per heavy atom. The number of hydrogen-bond donors (Lipinski definition) is 0. The van der Waals surface area contributed by atoms with Crippen molar-refractivity contribution in [2.45, 2.75) is 26.3 Å². The molecule has 1 aromatic heterocycles. The summed E-state index contributed by atoms with van der Waals surface area (Å²) in [5.74, 6) is -0.560. The third kappa shape index (κ3) is 4.30. The number of likely N-dealkylation sites (tertiary alicyclic amines) is 1. The van der Waals surface area contributed by atoms with Crippen LogP contribution in [0, 0.1) is 11.7 Å². The van der Waals surface area contributed by atoms with E-state index in [-0.39, 0.29) is 23.5 Å². The standard InChI is InChI=1S/C20H23FN2O2S/c1-2-22(14-18-6-4-12-26-18)20(25)16-5-3-11-23(13-16)19(24)15-7-9-17(21)10-8-15/h4,6-10,12,16H,2-3,5,11,13-14H2,1H3. The molecule has 138 valence electrons. The summed E-state index contributed by atoms with van der Waals surface area (Å²) >= 11 is 1.65. The van der Waals surface area contributed by atoms with Gasteiger partial charge in [-0.1, -0.05) is 6.07 Å². The number of amides is 2. The van der Waals surface area contributed by atoms with Gasteiger partial charge in [-0.3, -0.25) is 9.59 Å². The van der Waals surface area contributed by atoms with Crippen molar-refractivity contribution in [2.24, 2.45) is 5.92 Å². The van der Waals surface area contributed by atoms with Gasteiger partial charge in [-0.05, 0) is 55.5 Å². The highest BCUT2D eigenvalue weighted by Crippen LogP contribution is 2.22. The van der Waals surface area contributed by atoms with Crippen molar-refractivity contribution < 1.29 is 14.0 Å². The third-order valence-electron chi connectivity index (χ3n) is 4.77. The molecule has 0 bridgehead atoms. The maximum absolute atomic E-state index is 13.1. The van der Waals surface area contributed by atoms with E-state index in [1.54, 1.807) is 16.2 Å². The second kappa shape index (κ2) is 8.45. The molecular formula is C20H23FN2O2S. The lowest BCUT2D eigenvalue weighted by Crippen LogP contribution is -2.46. The molecule has 3 rings (SSSR count). The number of rotatable bonds is 5. The zero-order chi connectivity index (χ0) is 18.5. The molecule has 4 nitrogen and oxygen atoms in total. The van der Waals surface area contributed by atoms with Crippen molar-refractivity contribution >= 4 is 23.2 Å². The fourth-order valence-electron chi connectivity index (χ4n) is 3.33. The van der Waals surface area contributed by atoms with Gasteiger partial charge in [0, 0.05) is 30.1 Å². The Hall–Kier alpha value is -2.21. The van der Waals surface area contributed by atoms with Gasteiger partial charge >= 0.3 is 0 Å². The lowest BCUT2D eigenvalue weighted by atomic mass is 9.95. The minimum Gasteiger partial charge on any atom is -0.338 e. The molecule has 0 N–H and O–H groups in total. The number of hydrogen-bond acceptors (Lipinski definition) is 3. The van der Waals surface area contributed by atoms with E-state index < -0.39 is 0 Å². The van der Waals surface area contributed by atoms with Gasteiger partial charge in [0.2, 0.25) is 5.91 Å². The molecule has 0 aliphatic carbocycles. The van der Waals surface area contributed by atoms with E-state index >= 15 is 0 Å². The molecule has 1 saturated heterocycles. The Morgan fingerprint density at radius 1 is 1.27 bits per heavy atom. The van der Waals surface area contributed by atoms with Gasteiger partial charge in [-0.2, -0.15) is 0 Å². The maximum Gasteiger partial charge on any atom is 0.253 e. The molecule has 1 aliphatic heterocycles. The van der Waals surface area contributed by atoms with Crippen LogP contribution in [0.4, 0.5) is 4.39 Å². The van der Waals surface area contributed by atoms with Gasteiger partial charge < -0.3 is 9.80 Å². The van der Waals surface area contributed by atoms with Crippen LogP contribution in [0.3, 0.4) is 0 Å². The zero-order valence-electron chi connectivity index (χ0n) is 14.9. The van der Waals surface area contributed by atoms with Gasteiger partial charge in [0.1, 0.15) is 5.82 Å². The van der Waals surface area contributed by atoms with Crippen molar-refractivity contribution in [3.05, 3.63) is 58.0 Å². The number of carbonyl (C=O) groups is 2. The Bertz CT molecular complexity index is 746. The summed E-state index contributed by atoms with van der Waals surface area (Å²) in [7, 11) is 0. The van der Waals surface area contributed by atoms with Crippen LogP contribution in [0.5, 0.6) is 0 Å². The van der Waals surface area contributed by atoms with Gasteiger partial charge in [0.25, 0.3) is 5.91 Å². The molecule has 1 unspecified atom stereocenters. The Kier molecular flexibility index (Phi) is 6.04. The molecule has 1 aromatic carbocycles.